The molecule has 10 N–H and O–H groups in total. The monoisotopic (exact) mass is 1120 g/mol. The number of halogens is 1. The highest BCUT2D eigenvalue weighted by Crippen LogP contribution is 2.41. The lowest BCUT2D eigenvalue weighted by Crippen LogP contribution is -2.07. The molecule has 19 heteroatoms. The quantitative estimate of drug-likeness (QED) is 0.0277. The number of benzene rings is 6. The SMILES string of the molecule is CC(=O)C(C)Sc1cc(O)ccc1O.CCOC(=O)CSc1cc(O)ccc1O.Oc1ccc(O)c(SC2CCCC2)c1.Oc1ccc(O)c(SC2CCCCC2)c1.Oc1ccc(O)c(SCc2ccc(F)cc2)c1. The third-order valence-electron chi connectivity index (χ3n) is 11.0. The fourth-order valence-electron chi connectivity index (χ4n) is 6.93. The number of aromatic hydroxyl groups is 10. The van der Waals surface area contributed by atoms with Crippen LogP contribution in [0.1, 0.15) is 84.1 Å². The van der Waals surface area contributed by atoms with Crippen molar-refractivity contribution in [2.75, 3.05) is 12.4 Å². The van der Waals surface area contributed by atoms with Gasteiger partial charge in [0.25, 0.3) is 0 Å². The van der Waals surface area contributed by atoms with Gasteiger partial charge in [0.1, 0.15) is 69.1 Å². The second-order valence-corrected chi connectivity index (χ2v) is 23.1. The molecule has 2 aliphatic rings. The molecule has 75 heavy (non-hydrogen) atoms. The van der Waals surface area contributed by atoms with E-state index in [0.717, 1.165) is 27.1 Å². The molecular formula is C56H65FO13S5. The maximum Gasteiger partial charge on any atom is 0.316 e. The van der Waals surface area contributed by atoms with Gasteiger partial charge in [-0.05, 0) is 155 Å². The summed E-state index contributed by atoms with van der Waals surface area (Å²) >= 11 is 7.12. The summed E-state index contributed by atoms with van der Waals surface area (Å²) in [5.74, 6) is 1.68. The van der Waals surface area contributed by atoms with Gasteiger partial charge in [-0.3, -0.25) is 9.59 Å². The summed E-state index contributed by atoms with van der Waals surface area (Å²) in [6.07, 6.45) is 11.4. The lowest BCUT2D eigenvalue weighted by molar-refractivity contribution is -0.139. The molecule has 0 saturated heterocycles. The first-order chi connectivity index (χ1) is 35.8. The summed E-state index contributed by atoms with van der Waals surface area (Å²) in [7, 11) is 0. The van der Waals surface area contributed by atoms with Gasteiger partial charge in [0.05, 0.1) is 42.1 Å². The van der Waals surface area contributed by atoms with Crippen LogP contribution < -0.4 is 0 Å². The zero-order chi connectivity index (χ0) is 54.9. The Balaban J connectivity index is 0.000000203. The van der Waals surface area contributed by atoms with E-state index in [1.165, 1.54) is 167 Å². The lowest BCUT2D eigenvalue weighted by atomic mass is 10.0. The Bertz CT molecular complexity index is 2720. The second-order valence-electron chi connectivity index (χ2n) is 17.0. The minimum absolute atomic E-state index is 0.0396. The highest BCUT2D eigenvalue weighted by Gasteiger charge is 2.19. The first kappa shape index (κ1) is 61.7. The van der Waals surface area contributed by atoms with Crippen LogP contribution >= 0.6 is 58.8 Å². The van der Waals surface area contributed by atoms with Crippen LogP contribution in [0.5, 0.6) is 57.5 Å². The van der Waals surface area contributed by atoms with Crippen LogP contribution in [0.4, 0.5) is 4.39 Å². The lowest BCUT2D eigenvalue weighted by Gasteiger charge is -2.21. The molecule has 1 atom stereocenters. The standard InChI is InChI=1S/C13H11FO2S.C12H16O2S.C11H14O2S.C10H12O4S.C10H12O3S/c14-10-3-1-9(2-4-10)8-17-13-7-11(15)5-6-12(13)16;13-9-6-7-11(14)12(8-9)15-10-4-2-1-3-5-10;12-8-5-6-10(13)11(7-8)14-9-3-1-2-4-9;1-2-14-10(13)6-15-9-5-7(11)3-4-8(9)12;1-6(11)7(2)14-10-5-8(12)3-4-9(10)13/h1-7,15-16H,8H2;6-8,10,13-14H,1-5H2;5-7,9,12-13H,1-4H2;3-5,11-12H,2,6H2,1H3;3-5,7,12-13H,1-2H3. The van der Waals surface area contributed by atoms with Crippen LogP contribution in [-0.2, 0) is 20.1 Å². The number of hydrogen-bond acceptors (Lipinski definition) is 18. The van der Waals surface area contributed by atoms with Gasteiger partial charge in [-0.1, -0.05) is 44.2 Å². The smallest absolute Gasteiger partial charge is 0.316 e. The Morgan fingerprint density at radius 2 is 0.880 bits per heavy atom. The topological polar surface area (TPSA) is 246 Å². The maximum absolute atomic E-state index is 12.7. The highest BCUT2D eigenvalue weighted by atomic mass is 32.2. The van der Waals surface area contributed by atoms with Gasteiger partial charge in [0, 0.05) is 16.3 Å². The Morgan fingerprint density at radius 1 is 0.520 bits per heavy atom. The summed E-state index contributed by atoms with van der Waals surface area (Å²) in [5, 5.41) is 94.8. The predicted molar refractivity (Wildman–Crippen MR) is 299 cm³/mol. The van der Waals surface area contributed by atoms with Crippen molar-refractivity contribution in [2.45, 2.75) is 125 Å². The molecule has 6 aromatic carbocycles. The fraction of sp³-hybridized carbons (Fsp3) is 0.321. The molecule has 13 nitrogen and oxygen atoms in total. The van der Waals surface area contributed by atoms with Crippen molar-refractivity contribution >= 4 is 70.6 Å². The third-order valence-corrected chi connectivity index (χ3v) is 17.2. The van der Waals surface area contributed by atoms with Crippen LogP contribution in [0.3, 0.4) is 0 Å². The second kappa shape index (κ2) is 32.6. The number of thioether (sulfide) groups is 5. The van der Waals surface area contributed by atoms with E-state index in [-0.39, 0.29) is 86.1 Å². The summed E-state index contributed by atoms with van der Waals surface area (Å²) in [5.41, 5.74) is 0.958. The average Bonchev–Trinajstić information content (AvgIpc) is 3.90. The van der Waals surface area contributed by atoms with E-state index >= 15 is 0 Å². The third kappa shape index (κ3) is 23.3. The van der Waals surface area contributed by atoms with Crippen LogP contribution in [0, 0.1) is 5.82 Å². The van der Waals surface area contributed by atoms with Gasteiger partial charge in [0.2, 0.25) is 0 Å². The number of carbonyl (C=O) groups excluding carboxylic acids is 2. The van der Waals surface area contributed by atoms with Gasteiger partial charge < -0.3 is 55.8 Å². The maximum atomic E-state index is 12.7. The normalized spacial score (nSPS) is 13.5. The number of hydrogen-bond donors (Lipinski definition) is 10. The first-order valence-electron chi connectivity index (χ1n) is 24.1. The molecule has 8 rings (SSSR count). The average molecular weight is 1130 g/mol. The summed E-state index contributed by atoms with van der Waals surface area (Å²) in [6.45, 7) is 5.33. The number of rotatable bonds is 14. The van der Waals surface area contributed by atoms with Crippen molar-refractivity contribution in [3.8, 4) is 57.5 Å². The van der Waals surface area contributed by atoms with E-state index in [9.17, 15) is 59.9 Å². The van der Waals surface area contributed by atoms with Crippen molar-refractivity contribution in [1.82, 2.24) is 0 Å². The molecule has 1 unspecified atom stereocenters. The van der Waals surface area contributed by atoms with Crippen LogP contribution in [-0.4, -0.2) is 90.9 Å². The number of phenolic OH excluding ortho intramolecular Hbond substituents is 10. The van der Waals surface area contributed by atoms with Gasteiger partial charge in [0.15, 0.2) is 0 Å². The molecule has 0 radical (unpaired) electrons. The Kier molecular flexibility index (Phi) is 26.8. The van der Waals surface area contributed by atoms with E-state index in [2.05, 4.69) is 0 Å². The largest absolute Gasteiger partial charge is 0.508 e. The Morgan fingerprint density at radius 3 is 1.29 bits per heavy atom. The molecule has 0 heterocycles. The van der Waals surface area contributed by atoms with Crippen molar-refractivity contribution in [3.63, 3.8) is 0 Å². The molecule has 2 fully saturated rings. The molecule has 6 aromatic rings. The fourth-order valence-corrected chi connectivity index (χ4v) is 12.2. The van der Waals surface area contributed by atoms with Crippen molar-refractivity contribution < 1.29 is 69.8 Å². The molecular weight excluding hydrogens is 1060 g/mol. The minimum atomic E-state index is -0.342. The number of Topliss-reactive ketones (excluding diaryl/α,β-unsaturated/α-hetero) is 1. The Hall–Kier alpha value is -5.86. The number of phenols is 10. The molecule has 0 bridgehead atoms. The Labute approximate surface area is 458 Å². The summed E-state index contributed by atoms with van der Waals surface area (Å²) in [6, 6.07) is 28.4. The summed E-state index contributed by atoms with van der Waals surface area (Å²) < 4.78 is 17.4. The summed E-state index contributed by atoms with van der Waals surface area (Å²) in [4.78, 5) is 25.2. The number of ether oxygens (including phenoxy) is 1. The molecule has 2 aliphatic carbocycles. The van der Waals surface area contributed by atoms with Gasteiger partial charge in [-0.25, -0.2) is 4.39 Å². The predicted octanol–water partition coefficient (Wildman–Crippen LogP) is 14.1. The van der Waals surface area contributed by atoms with Crippen LogP contribution in [0.15, 0.2) is 140 Å². The van der Waals surface area contributed by atoms with Gasteiger partial charge >= 0.3 is 5.97 Å². The number of ketones is 1. The number of esters is 1. The molecule has 0 aromatic heterocycles. The van der Waals surface area contributed by atoms with E-state index in [0.29, 0.717) is 37.5 Å². The van der Waals surface area contributed by atoms with E-state index in [1.807, 2.05) is 0 Å². The first-order valence-corrected chi connectivity index (χ1v) is 28.7. The van der Waals surface area contributed by atoms with Crippen molar-refractivity contribution in [1.29, 1.82) is 0 Å². The minimum Gasteiger partial charge on any atom is -0.508 e. The number of carbonyl (C=O) groups is 2. The van der Waals surface area contributed by atoms with E-state index < -0.39 is 0 Å². The van der Waals surface area contributed by atoms with E-state index in [4.69, 9.17) is 9.84 Å². The van der Waals surface area contributed by atoms with Gasteiger partial charge in [-0.15, -0.1) is 58.8 Å². The van der Waals surface area contributed by atoms with E-state index in [1.54, 1.807) is 73.8 Å². The highest BCUT2D eigenvalue weighted by molar-refractivity contribution is 8.01. The molecule has 2 saturated carbocycles. The molecule has 404 valence electrons. The molecule has 0 amide bonds. The van der Waals surface area contributed by atoms with Crippen LogP contribution in [0.2, 0.25) is 0 Å². The van der Waals surface area contributed by atoms with Crippen LogP contribution in [0.25, 0.3) is 0 Å². The zero-order valence-corrected chi connectivity index (χ0v) is 45.9. The zero-order valence-electron chi connectivity index (χ0n) is 41.8. The van der Waals surface area contributed by atoms with Gasteiger partial charge in [-0.2, -0.15) is 0 Å². The molecule has 0 aliphatic heterocycles. The van der Waals surface area contributed by atoms with Crippen molar-refractivity contribution in [2.24, 2.45) is 0 Å². The molecule has 0 spiro atoms. The van der Waals surface area contributed by atoms with Crippen molar-refractivity contribution in [3.05, 3.63) is 127 Å².